The highest BCUT2D eigenvalue weighted by Gasteiger charge is 2.20. The van der Waals surface area contributed by atoms with E-state index >= 15 is 0 Å². The third-order valence-corrected chi connectivity index (χ3v) is 8.29. The van der Waals surface area contributed by atoms with Crippen molar-refractivity contribution in [3.63, 3.8) is 0 Å². The largest absolute Gasteiger partial charge is 0.380 e. The standard InChI is InChI=1S/C35H26N2S/c1-3-9-25(10-4-1)27-16-20-29(21-17-27)37(30-22-18-28(19-23-30)26-11-5-2-6-12-26)32-14-7-13-31-34-33(38-35(31)32)15-8-24-36-34/h1-23,36H,24H2. The maximum absolute atomic E-state index is 3.59. The lowest BCUT2D eigenvalue weighted by molar-refractivity contribution is 1.30. The second kappa shape index (κ2) is 9.70. The number of anilines is 4. The average molecular weight is 507 g/mol. The van der Waals surface area contributed by atoms with E-state index in [1.807, 2.05) is 11.3 Å². The number of rotatable bonds is 5. The molecule has 2 heterocycles. The first kappa shape index (κ1) is 22.6. The van der Waals surface area contributed by atoms with Crippen molar-refractivity contribution < 1.29 is 0 Å². The topological polar surface area (TPSA) is 15.3 Å². The van der Waals surface area contributed by atoms with Crippen LogP contribution in [0, 0.1) is 0 Å². The number of nitrogens with zero attached hydrogens (tertiary/aromatic N) is 1. The van der Waals surface area contributed by atoms with E-state index in [-0.39, 0.29) is 0 Å². The van der Waals surface area contributed by atoms with Gasteiger partial charge in [0, 0.05) is 23.3 Å². The van der Waals surface area contributed by atoms with Crippen molar-refractivity contribution in [3.05, 3.63) is 138 Å². The van der Waals surface area contributed by atoms with Crippen LogP contribution in [0.2, 0.25) is 0 Å². The fourth-order valence-corrected chi connectivity index (χ4v) is 6.43. The molecule has 0 atom stereocenters. The highest BCUT2D eigenvalue weighted by molar-refractivity contribution is 7.21. The zero-order chi connectivity index (χ0) is 25.3. The Labute approximate surface area is 227 Å². The van der Waals surface area contributed by atoms with Crippen LogP contribution in [0.5, 0.6) is 0 Å². The van der Waals surface area contributed by atoms with Gasteiger partial charge < -0.3 is 10.2 Å². The first-order chi connectivity index (χ1) is 18.8. The molecule has 0 aliphatic carbocycles. The second-order valence-corrected chi connectivity index (χ2v) is 10.5. The molecule has 182 valence electrons. The smallest absolute Gasteiger partial charge is 0.0640 e. The molecule has 38 heavy (non-hydrogen) atoms. The number of nitrogens with one attached hydrogen (secondary N) is 1. The molecule has 0 amide bonds. The van der Waals surface area contributed by atoms with Crippen LogP contribution < -0.4 is 10.2 Å². The number of benzene rings is 5. The van der Waals surface area contributed by atoms with Crippen molar-refractivity contribution in [3.8, 4) is 22.3 Å². The Hall–Kier alpha value is -4.60. The minimum atomic E-state index is 0.870. The SMILES string of the molecule is C1=Cc2sc3c(N(c4ccc(-c5ccccc5)cc4)c4ccc(-c5ccccc5)cc4)cccc3c2NC1. The highest BCUT2D eigenvalue weighted by Crippen LogP contribution is 2.47. The molecule has 0 unspecified atom stereocenters. The predicted molar refractivity (Wildman–Crippen MR) is 165 cm³/mol. The van der Waals surface area contributed by atoms with Crippen molar-refractivity contribution in [2.45, 2.75) is 0 Å². The van der Waals surface area contributed by atoms with Gasteiger partial charge in [0.25, 0.3) is 0 Å². The van der Waals surface area contributed by atoms with Crippen molar-refractivity contribution >= 4 is 50.2 Å². The monoisotopic (exact) mass is 506 g/mol. The van der Waals surface area contributed by atoms with E-state index in [0.29, 0.717) is 0 Å². The molecule has 3 heteroatoms. The van der Waals surface area contributed by atoms with Crippen molar-refractivity contribution in [2.24, 2.45) is 0 Å². The van der Waals surface area contributed by atoms with E-state index < -0.39 is 0 Å². The van der Waals surface area contributed by atoms with Crippen LogP contribution in [0.4, 0.5) is 22.7 Å². The van der Waals surface area contributed by atoms with Gasteiger partial charge in [-0.3, -0.25) is 0 Å². The van der Waals surface area contributed by atoms with Gasteiger partial charge in [0.2, 0.25) is 0 Å². The molecule has 7 rings (SSSR count). The lowest BCUT2D eigenvalue weighted by atomic mass is 10.0. The van der Waals surface area contributed by atoms with Crippen LogP contribution in [0.1, 0.15) is 4.88 Å². The molecule has 1 N–H and O–H groups in total. The fraction of sp³-hybridized carbons (Fsp3) is 0.0286. The summed E-state index contributed by atoms with van der Waals surface area (Å²) < 4.78 is 1.29. The summed E-state index contributed by atoms with van der Waals surface area (Å²) in [6.07, 6.45) is 4.44. The van der Waals surface area contributed by atoms with Gasteiger partial charge in [0.15, 0.2) is 0 Å². The Bertz CT molecular complexity index is 1650. The molecule has 1 aliphatic heterocycles. The van der Waals surface area contributed by atoms with Gasteiger partial charge in [-0.1, -0.05) is 103 Å². The Morgan fingerprint density at radius 1 is 0.553 bits per heavy atom. The normalized spacial score (nSPS) is 12.2. The first-order valence-corrected chi connectivity index (χ1v) is 13.7. The van der Waals surface area contributed by atoms with Gasteiger partial charge in [-0.2, -0.15) is 0 Å². The molecule has 0 bridgehead atoms. The number of hydrogen-bond donors (Lipinski definition) is 1. The molecule has 5 aromatic carbocycles. The van der Waals surface area contributed by atoms with E-state index in [9.17, 15) is 0 Å². The molecule has 1 aliphatic rings. The Balaban J connectivity index is 1.37. The zero-order valence-corrected chi connectivity index (χ0v) is 21.7. The number of fused-ring (bicyclic) bond motifs is 3. The van der Waals surface area contributed by atoms with Gasteiger partial charge in [0.05, 0.1) is 21.0 Å². The third-order valence-electron chi connectivity index (χ3n) is 7.09. The molecule has 2 nitrogen and oxygen atoms in total. The molecule has 0 radical (unpaired) electrons. The molecule has 0 spiro atoms. The summed E-state index contributed by atoms with van der Waals surface area (Å²) in [6.45, 7) is 0.870. The van der Waals surface area contributed by atoms with Crippen LogP contribution in [-0.2, 0) is 0 Å². The lowest BCUT2D eigenvalue weighted by Crippen LogP contribution is -2.10. The molecule has 6 aromatic rings. The van der Waals surface area contributed by atoms with Gasteiger partial charge >= 0.3 is 0 Å². The summed E-state index contributed by atoms with van der Waals surface area (Å²) in [6, 6.07) is 45.6. The Morgan fingerprint density at radius 3 is 1.68 bits per heavy atom. The number of thiophene rings is 1. The quantitative estimate of drug-likeness (QED) is 0.250. The minimum absolute atomic E-state index is 0.870. The van der Waals surface area contributed by atoms with Gasteiger partial charge in [-0.05, 0) is 58.7 Å². The Kier molecular flexibility index (Phi) is 5.76. The van der Waals surface area contributed by atoms with Crippen LogP contribution in [0.3, 0.4) is 0 Å². The summed E-state index contributed by atoms with van der Waals surface area (Å²) in [4.78, 5) is 3.68. The average Bonchev–Trinajstić information content (AvgIpc) is 3.39. The van der Waals surface area contributed by atoms with Gasteiger partial charge in [-0.15, -0.1) is 11.3 Å². The summed E-state index contributed by atoms with van der Waals surface area (Å²) in [5.74, 6) is 0. The lowest BCUT2D eigenvalue weighted by Gasteiger charge is -2.26. The summed E-state index contributed by atoms with van der Waals surface area (Å²) in [5, 5.41) is 4.86. The van der Waals surface area contributed by atoms with E-state index in [2.05, 4.69) is 150 Å². The summed E-state index contributed by atoms with van der Waals surface area (Å²) in [5.41, 5.74) is 9.59. The van der Waals surface area contributed by atoms with E-state index in [4.69, 9.17) is 0 Å². The Morgan fingerprint density at radius 2 is 1.11 bits per heavy atom. The van der Waals surface area contributed by atoms with Crippen molar-refractivity contribution in [1.82, 2.24) is 0 Å². The zero-order valence-electron chi connectivity index (χ0n) is 20.8. The maximum atomic E-state index is 3.59. The molecule has 0 saturated heterocycles. The summed E-state index contributed by atoms with van der Waals surface area (Å²) >= 11 is 1.85. The number of hydrogen-bond acceptors (Lipinski definition) is 3. The van der Waals surface area contributed by atoms with E-state index in [0.717, 1.165) is 17.9 Å². The molecular formula is C35H26N2S. The van der Waals surface area contributed by atoms with E-state index in [1.165, 1.54) is 48.6 Å². The predicted octanol–water partition coefficient (Wildman–Crippen LogP) is 10.1. The third kappa shape index (κ3) is 4.07. The maximum Gasteiger partial charge on any atom is 0.0640 e. The molecule has 0 fully saturated rings. The first-order valence-electron chi connectivity index (χ1n) is 12.9. The van der Waals surface area contributed by atoms with Crippen LogP contribution in [-0.4, -0.2) is 6.54 Å². The second-order valence-electron chi connectivity index (χ2n) is 9.44. The minimum Gasteiger partial charge on any atom is -0.380 e. The highest BCUT2D eigenvalue weighted by atomic mass is 32.1. The summed E-state index contributed by atoms with van der Waals surface area (Å²) in [7, 11) is 0. The van der Waals surface area contributed by atoms with Crippen LogP contribution in [0.15, 0.2) is 133 Å². The molecule has 0 saturated carbocycles. The van der Waals surface area contributed by atoms with Gasteiger partial charge in [0.1, 0.15) is 0 Å². The molecule has 1 aromatic heterocycles. The molecular weight excluding hydrogens is 480 g/mol. The van der Waals surface area contributed by atoms with Crippen molar-refractivity contribution in [2.75, 3.05) is 16.8 Å². The van der Waals surface area contributed by atoms with Crippen LogP contribution in [0.25, 0.3) is 38.4 Å². The van der Waals surface area contributed by atoms with Crippen LogP contribution >= 0.6 is 11.3 Å². The fourth-order valence-electron chi connectivity index (χ4n) is 5.22. The van der Waals surface area contributed by atoms with Crippen molar-refractivity contribution in [1.29, 1.82) is 0 Å². The van der Waals surface area contributed by atoms with E-state index in [1.54, 1.807) is 0 Å². The van der Waals surface area contributed by atoms with Gasteiger partial charge in [-0.25, -0.2) is 0 Å².